The normalized spacial score (nSPS) is 15.9. The molecule has 0 saturated carbocycles. The quantitative estimate of drug-likeness (QED) is 0.443. The first-order valence-corrected chi connectivity index (χ1v) is 12.8. The summed E-state index contributed by atoms with van der Waals surface area (Å²) in [5.74, 6) is 0.834. The molecule has 0 unspecified atom stereocenters. The van der Waals surface area contributed by atoms with E-state index in [9.17, 15) is 14.4 Å². The molecular formula is C25H28N2O3S2. The number of hydrogen-bond donors (Lipinski definition) is 0. The summed E-state index contributed by atoms with van der Waals surface area (Å²) >= 11 is 3.48. The maximum Gasteiger partial charge on any atom is 0.261 e. The zero-order chi connectivity index (χ0) is 22.0. The maximum atomic E-state index is 12.0. The van der Waals surface area contributed by atoms with Crippen LogP contribution in [0.5, 0.6) is 0 Å². The molecule has 0 fully saturated rings. The van der Waals surface area contributed by atoms with E-state index in [1.807, 2.05) is 35.4 Å². The van der Waals surface area contributed by atoms with Gasteiger partial charge in [-0.1, -0.05) is 37.8 Å². The molecular weight excluding hydrogens is 440 g/mol. The molecule has 2 aromatic carbocycles. The fraction of sp³-hybridized carbons (Fsp3) is 0.320. The van der Waals surface area contributed by atoms with Gasteiger partial charge in [-0.15, -0.1) is 11.8 Å². The van der Waals surface area contributed by atoms with Crippen molar-refractivity contribution in [1.29, 1.82) is 0 Å². The van der Waals surface area contributed by atoms with Crippen molar-refractivity contribution in [1.82, 2.24) is 9.80 Å². The predicted octanol–water partition coefficient (Wildman–Crippen LogP) is 5.25. The molecule has 3 heterocycles. The number of amides is 3. The molecule has 3 aliphatic heterocycles. The summed E-state index contributed by atoms with van der Waals surface area (Å²) < 4.78 is 0. The summed E-state index contributed by atoms with van der Waals surface area (Å²) in [7, 11) is 0. The third-order valence-electron chi connectivity index (χ3n) is 5.61. The first-order valence-electron chi connectivity index (χ1n) is 10.2. The number of carbonyl (C=O) groups excluding carboxylic acids is 3. The van der Waals surface area contributed by atoms with Crippen LogP contribution in [-0.4, -0.2) is 58.9 Å². The van der Waals surface area contributed by atoms with Gasteiger partial charge in [0, 0.05) is 29.1 Å². The monoisotopic (exact) mass is 468 g/mol. The van der Waals surface area contributed by atoms with E-state index in [1.54, 1.807) is 47.8 Å². The lowest BCUT2D eigenvalue weighted by Gasteiger charge is -2.12. The van der Waals surface area contributed by atoms with Gasteiger partial charge in [0.05, 0.1) is 16.8 Å². The third kappa shape index (κ3) is 4.24. The summed E-state index contributed by atoms with van der Waals surface area (Å²) in [6.45, 7) is 1.37. The lowest BCUT2D eigenvalue weighted by Crippen LogP contribution is -2.30. The highest BCUT2D eigenvalue weighted by molar-refractivity contribution is 8.02. The highest BCUT2D eigenvalue weighted by Crippen LogP contribution is 2.43. The highest BCUT2D eigenvalue weighted by Gasteiger charge is 2.37. The number of thioether (sulfide) groups is 2. The Kier molecular flexibility index (Phi) is 7.85. The fourth-order valence-corrected chi connectivity index (χ4v) is 5.25. The molecule has 0 saturated heterocycles. The summed E-state index contributed by atoms with van der Waals surface area (Å²) in [6.07, 6.45) is 5.96. The van der Waals surface area contributed by atoms with E-state index < -0.39 is 0 Å². The Hall–Kier alpha value is -2.51. The second-order valence-corrected chi connectivity index (χ2v) is 9.27. The molecule has 3 aliphatic rings. The largest absolute Gasteiger partial charge is 0.307 e. The third-order valence-corrected chi connectivity index (χ3v) is 7.20. The molecule has 3 amide bonds. The van der Waals surface area contributed by atoms with Gasteiger partial charge in [-0.2, -0.15) is 11.8 Å². The van der Waals surface area contributed by atoms with Gasteiger partial charge in [-0.05, 0) is 49.3 Å². The minimum absolute atomic E-state index is 0. The smallest absolute Gasteiger partial charge is 0.261 e. The van der Waals surface area contributed by atoms with Gasteiger partial charge in [0.15, 0.2) is 0 Å². The van der Waals surface area contributed by atoms with Crippen molar-refractivity contribution in [3.63, 3.8) is 0 Å². The van der Waals surface area contributed by atoms with Crippen molar-refractivity contribution >= 4 is 46.9 Å². The van der Waals surface area contributed by atoms with Crippen LogP contribution in [0.15, 0.2) is 53.4 Å². The van der Waals surface area contributed by atoms with E-state index in [2.05, 4.69) is 6.26 Å². The van der Waals surface area contributed by atoms with Gasteiger partial charge in [0.25, 0.3) is 17.7 Å². The Labute approximate surface area is 198 Å². The average molecular weight is 469 g/mol. The van der Waals surface area contributed by atoms with Crippen LogP contribution in [0.3, 0.4) is 0 Å². The summed E-state index contributed by atoms with van der Waals surface area (Å²) in [5, 5.41) is 0. The molecule has 0 aliphatic carbocycles. The van der Waals surface area contributed by atoms with Gasteiger partial charge in [-0.3, -0.25) is 19.3 Å². The van der Waals surface area contributed by atoms with Crippen molar-refractivity contribution in [2.75, 3.05) is 31.4 Å². The van der Waals surface area contributed by atoms with E-state index in [0.717, 1.165) is 42.0 Å². The van der Waals surface area contributed by atoms with Crippen LogP contribution in [0.4, 0.5) is 0 Å². The molecule has 168 valence electrons. The standard InChI is InChI=1S/C12H13NO2S.C12H11NOS.CH4/c1-16-8-4-7-13-11(14)9-5-2-3-6-10(9)12(13)15;1-15-10-6-7-13-11(10)8-4-2-3-5-9(8)12(13)14;/h2-3,5-6H,4,7-8H2,1H3;2-5H,6-7H2,1H3;1H4. The van der Waals surface area contributed by atoms with Gasteiger partial charge in [0.1, 0.15) is 0 Å². The molecule has 2 aromatic rings. The Morgan fingerprint density at radius 2 is 1.34 bits per heavy atom. The van der Waals surface area contributed by atoms with E-state index in [0.29, 0.717) is 17.7 Å². The molecule has 5 rings (SSSR count). The van der Waals surface area contributed by atoms with Crippen molar-refractivity contribution in [2.45, 2.75) is 20.3 Å². The van der Waals surface area contributed by atoms with Crippen LogP contribution in [0.1, 0.15) is 56.9 Å². The first kappa shape index (κ1) is 24.1. The highest BCUT2D eigenvalue weighted by atomic mass is 32.2. The van der Waals surface area contributed by atoms with E-state index in [4.69, 9.17) is 0 Å². The van der Waals surface area contributed by atoms with Gasteiger partial charge in [0.2, 0.25) is 0 Å². The minimum Gasteiger partial charge on any atom is -0.307 e. The Bertz CT molecular complexity index is 1050. The number of imide groups is 1. The van der Waals surface area contributed by atoms with Crippen molar-refractivity contribution < 1.29 is 14.4 Å². The number of benzene rings is 2. The van der Waals surface area contributed by atoms with Crippen LogP contribution >= 0.6 is 23.5 Å². The Balaban J connectivity index is 0.000000175. The zero-order valence-corrected chi connectivity index (χ0v) is 19.2. The fourth-order valence-electron chi connectivity index (χ4n) is 4.12. The number of rotatable bonds is 5. The predicted molar refractivity (Wildman–Crippen MR) is 134 cm³/mol. The van der Waals surface area contributed by atoms with Crippen molar-refractivity contribution in [2.24, 2.45) is 0 Å². The molecule has 0 radical (unpaired) electrons. The molecule has 7 heteroatoms. The molecule has 0 spiro atoms. The van der Waals surface area contributed by atoms with Crippen LogP contribution in [0, 0.1) is 0 Å². The molecule has 0 N–H and O–H groups in total. The van der Waals surface area contributed by atoms with Gasteiger partial charge >= 0.3 is 0 Å². The molecule has 0 bridgehead atoms. The number of carbonyl (C=O) groups is 3. The molecule has 5 nitrogen and oxygen atoms in total. The van der Waals surface area contributed by atoms with Crippen LogP contribution in [-0.2, 0) is 0 Å². The second-order valence-electron chi connectivity index (χ2n) is 7.38. The van der Waals surface area contributed by atoms with E-state index in [-0.39, 0.29) is 25.1 Å². The zero-order valence-electron chi connectivity index (χ0n) is 17.6. The Morgan fingerprint density at radius 3 is 1.88 bits per heavy atom. The summed E-state index contributed by atoms with van der Waals surface area (Å²) in [5.41, 5.74) is 4.21. The lowest BCUT2D eigenvalue weighted by atomic mass is 10.1. The summed E-state index contributed by atoms with van der Waals surface area (Å²) in [6, 6.07) is 14.9. The topological polar surface area (TPSA) is 57.7 Å². The number of hydrogen-bond acceptors (Lipinski definition) is 5. The number of fused-ring (bicyclic) bond motifs is 4. The molecule has 32 heavy (non-hydrogen) atoms. The van der Waals surface area contributed by atoms with Gasteiger partial charge in [-0.25, -0.2) is 0 Å². The molecule has 0 atom stereocenters. The lowest BCUT2D eigenvalue weighted by molar-refractivity contribution is 0.0654. The second kappa shape index (κ2) is 10.4. The van der Waals surface area contributed by atoms with Crippen LogP contribution < -0.4 is 0 Å². The van der Waals surface area contributed by atoms with Crippen LogP contribution in [0.2, 0.25) is 0 Å². The minimum atomic E-state index is -0.151. The Morgan fingerprint density at radius 1 is 0.812 bits per heavy atom. The van der Waals surface area contributed by atoms with Crippen molar-refractivity contribution in [3.8, 4) is 0 Å². The first-order chi connectivity index (χ1) is 15.1. The van der Waals surface area contributed by atoms with E-state index >= 15 is 0 Å². The number of nitrogens with zero attached hydrogens (tertiary/aromatic N) is 2. The molecule has 0 aromatic heterocycles. The van der Waals surface area contributed by atoms with Crippen LogP contribution in [0.25, 0.3) is 5.70 Å². The van der Waals surface area contributed by atoms with E-state index in [1.165, 1.54) is 9.81 Å². The van der Waals surface area contributed by atoms with Gasteiger partial charge < -0.3 is 4.90 Å². The van der Waals surface area contributed by atoms with Crippen molar-refractivity contribution in [3.05, 3.63) is 75.7 Å². The average Bonchev–Trinajstić information content (AvgIpc) is 3.43. The summed E-state index contributed by atoms with van der Waals surface area (Å²) in [4.78, 5) is 40.4. The maximum absolute atomic E-state index is 12.0. The SMILES string of the molecule is C.CSC1=C2c3ccccc3C(=O)N2CC1.CSCCCN1C(=O)c2ccccc2C1=O.